The van der Waals surface area contributed by atoms with Crippen molar-refractivity contribution >= 4 is 26.7 Å². The van der Waals surface area contributed by atoms with Gasteiger partial charge in [-0.2, -0.15) is 0 Å². The second kappa shape index (κ2) is 6.22. The second-order valence-electron chi connectivity index (χ2n) is 4.52. The Morgan fingerprint density at radius 1 is 1.32 bits per heavy atom. The van der Waals surface area contributed by atoms with E-state index in [2.05, 4.69) is 59.0 Å². The predicted molar refractivity (Wildman–Crippen MR) is 85.0 cm³/mol. The topological polar surface area (TPSA) is 21.3 Å². The van der Waals surface area contributed by atoms with Gasteiger partial charge in [0.25, 0.3) is 0 Å². The minimum atomic E-state index is 0.239. The van der Waals surface area contributed by atoms with Crippen molar-refractivity contribution < 1.29 is 4.74 Å². The van der Waals surface area contributed by atoms with Gasteiger partial charge in [-0.15, -0.1) is 0 Å². The van der Waals surface area contributed by atoms with Gasteiger partial charge in [0.2, 0.25) is 0 Å². The fraction of sp³-hybridized carbons (Fsp3) is 0.250. The van der Waals surface area contributed by atoms with Crippen LogP contribution in [0.4, 0.5) is 0 Å². The van der Waals surface area contributed by atoms with Crippen LogP contribution >= 0.6 is 15.9 Å². The summed E-state index contributed by atoms with van der Waals surface area (Å²) in [6, 6.07) is 12.8. The summed E-state index contributed by atoms with van der Waals surface area (Å²) in [5, 5.41) is 5.58. The molecule has 1 N–H and O–H groups in total. The van der Waals surface area contributed by atoms with Crippen molar-refractivity contribution in [1.82, 2.24) is 5.32 Å². The lowest BCUT2D eigenvalue weighted by Gasteiger charge is -2.18. The van der Waals surface area contributed by atoms with Crippen LogP contribution in [0.15, 0.2) is 47.5 Å². The third kappa shape index (κ3) is 3.17. The third-order valence-corrected chi connectivity index (χ3v) is 3.41. The van der Waals surface area contributed by atoms with E-state index in [1.165, 1.54) is 5.39 Å². The highest BCUT2D eigenvalue weighted by molar-refractivity contribution is 9.11. The van der Waals surface area contributed by atoms with E-state index in [9.17, 15) is 0 Å². The fourth-order valence-electron chi connectivity index (χ4n) is 2.07. The normalized spacial score (nSPS) is 12.4. The first-order valence-electron chi connectivity index (χ1n) is 6.28. The van der Waals surface area contributed by atoms with Crippen molar-refractivity contribution in [2.75, 3.05) is 13.7 Å². The monoisotopic (exact) mass is 319 g/mol. The standard InChI is InChI=1S/C16H18BrNO/c1-11(17)10-19-16-14(12(2)18-3)9-8-13-6-4-5-7-15(13)16/h4-9,12,18H,1,10H2,2-3H3. The highest BCUT2D eigenvalue weighted by atomic mass is 79.9. The van der Waals surface area contributed by atoms with Gasteiger partial charge < -0.3 is 10.1 Å². The molecule has 0 aliphatic carbocycles. The molecule has 100 valence electrons. The van der Waals surface area contributed by atoms with E-state index in [-0.39, 0.29) is 6.04 Å². The summed E-state index contributed by atoms with van der Waals surface area (Å²) >= 11 is 3.34. The summed E-state index contributed by atoms with van der Waals surface area (Å²) in [6.45, 7) is 6.42. The lowest BCUT2D eigenvalue weighted by molar-refractivity contribution is 0.357. The highest BCUT2D eigenvalue weighted by Gasteiger charge is 2.13. The molecule has 1 atom stereocenters. The molecule has 0 fully saturated rings. The van der Waals surface area contributed by atoms with Crippen LogP contribution in [0.25, 0.3) is 10.8 Å². The first-order valence-corrected chi connectivity index (χ1v) is 7.07. The zero-order valence-electron chi connectivity index (χ0n) is 11.2. The Kier molecular flexibility index (Phi) is 4.61. The Bertz CT molecular complexity index is 594. The molecule has 0 amide bonds. The molecule has 1 unspecified atom stereocenters. The quantitative estimate of drug-likeness (QED) is 0.881. The van der Waals surface area contributed by atoms with Crippen molar-refractivity contribution in [2.45, 2.75) is 13.0 Å². The van der Waals surface area contributed by atoms with E-state index in [4.69, 9.17) is 4.74 Å². The molecule has 3 heteroatoms. The first-order chi connectivity index (χ1) is 9.13. The third-order valence-electron chi connectivity index (χ3n) is 3.18. The number of hydrogen-bond donors (Lipinski definition) is 1. The highest BCUT2D eigenvalue weighted by Crippen LogP contribution is 2.34. The average Bonchev–Trinajstić information content (AvgIpc) is 2.43. The van der Waals surface area contributed by atoms with Crippen LogP contribution in [0.2, 0.25) is 0 Å². The van der Waals surface area contributed by atoms with Gasteiger partial charge in [-0.25, -0.2) is 0 Å². The largest absolute Gasteiger partial charge is 0.487 e. The maximum absolute atomic E-state index is 5.95. The van der Waals surface area contributed by atoms with Crippen LogP contribution in [0.5, 0.6) is 5.75 Å². The molecule has 2 rings (SSSR count). The molecule has 0 saturated carbocycles. The van der Waals surface area contributed by atoms with E-state index in [0.29, 0.717) is 6.61 Å². The molecule has 19 heavy (non-hydrogen) atoms. The van der Waals surface area contributed by atoms with E-state index >= 15 is 0 Å². The van der Waals surface area contributed by atoms with E-state index < -0.39 is 0 Å². The Hall–Kier alpha value is -1.32. The molecule has 2 nitrogen and oxygen atoms in total. The molecule has 0 bridgehead atoms. The number of rotatable bonds is 5. The van der Waals surface area contributed by atoms with Crippen molar-refractivity contribution in [3.05, 3.63) is 53.0 Å². The molecule has 0 radical (unpaired) electrons. The lowest BCUT2D eigenvalue weighted by Crippen LogP contribution is -2.14. The molecule has 0 spiro atoms. The van der Waals surface area contributed by atoms with Crippen molar-refractivity contribution in [3.8, 4) is 5.75 Å². The van der Waals surface area contributed by atoms with Crippen LogP contribution in [-0.4, -0.2) is 13.7 Å². The Labute approximate surface area is 122 Å². The summed E-state index contributed by atoms with van der Waals surface area (Å²) in [5.41, 5.74) is 1.16. The summed E-state index contributed by atoms with van der Waals surface area (Å²) in [5.74, 6) is 0.931. The number of nitrogens with one attached hydrogen (secondary N) is 1. The molecule has 0 aromatic heterocycles. The number of halogens is 1. The van der Waals surface area contributed by atoms with Gasteiger partial charge in [0.1, 0.15) is 12.4 Å². The van der Waals surface area contributed by atoms with E-state index in [1.807, 2.05) is 19.2 Å². The second-order valence-corrected chi connectivity index (χ2v) is 5.64. The molecule has 0 aliphatic rings. The van der Waals surface area contributed by atoms with Crippen molar-refractivity contribution in [3.63, 3.8) is 0 Å². The lowest BCUT2D eigenvalue weighted by atomic mass is 10.0. The van der Waals surface area contributed by atoms with Crippen LogP contribution in [0.3, 0.4) is 0 Å². The van der Waals surface area contributed by atoms with Gasteiger partial charge in [0.05, 0.1) is 0 Å². The molecular formula is C16H18BrNO. The van der Waals surface area contributed by atoms with Crippen LogP contribution in [0.1, 0.15) is 18.5 Å². The van der Waals surface area contributed by atoms with Crippen LogP contribution in [0, 0.1) is 0 Å². The summed E-state index contributed by atoms with van der Waals surface area (Å²) in [4.78, 5) is 0. The first kappa shape index (κ1) is 14.1. The Morgan fingerprint density at radius 3 is 2.74 bits per heavy atom. The van der Waals surface area contributed by atoms with Gasteiger partial charge in [0, 0.05) is 21.5 Å². The van der Waals surface area contributed by atoms with Crippen LogP contribution < -0.4 is 10.1 Å². The minimum Gasteiger partial charge on any atom is -0.487 e. The molecule has 2 aromatic rings. The van der Waals surface area contributed by atoms with Crippen molar-refractivity contribution in [1.29, 1.82) is 0 Å². The number of benzene rings is 2. The summed E-state index contributed by atoms with van der Waals surface area (Å²) < 4.78 is 6.78. The van der Waals surface area contributed by atoms with E-state index in [1.54, 1.807) is 0 Å². The van der Waals surface area contributed by atoms with Gasteiger partial charge in [-0.05, 0) is 19.4 Å². The molecule has 2 aromatic carbocycles. The van der Waals surface area contributed by atoms with Gasteiger partial charge in [-0.3, -0.25) is 0 Å². The fourth-order valence-corrected chi connectivity index (χ4v) is 2.18. The van der Waals surface area contributed by atoms with Gasteiger partial charge in [0.15, 0.2) is 0 Å². The van der Waals surface area contributed by atoms with Crippen LogP contribution in [-0.2, 0) is 0 Å². The minimum absolute atomic E-state index is 0.239. The SMILES string of the molecule is C=C(Br)COc1c(C(C)NC)ccc2ccccc12. The molecular weight excluding hydrogens is 302 g/mol. The van der Waals surface area contributed by atoms with Gasteiger partial charge in [-0.1, -0.05) is 58.9 Å². The van der Waals surface area contributed by atoms with E-state index in [0.717, 1.165) is 21.2 Å². The summed E-state index contributed by atoms with van der Waals surface area (Å²) in [7, 11) is 1.95. The summed E-state index contributed by atoms with van der Waals surface area (Å²) in [6.07, 6.45) is 0. The van der Waals surface area contributed by atoms with Gasteiger partial charge >= 0.3 is 0 Å². The Morgan fingerprint density at radius 2 is 2.05 bits per heavy atom. The number of hydrogen-bond acceptors (Lipinski definition) is 2. The zero-order chi connectivity index (χ0) is 13.8. The smallest absolute Gasteiger partial charge is 0.132 e. The molecule has 0 heterocycles. The van der Waals surface area contributed by atoms with Crippen molar-refractivity contribution in [2.24, 2.45) is 0 Å². The predicted octanol–water partition coefficient (Wildman–Crippen LogP) is 4.41. The maximum Gasteiger partial charge on any atom is 0.132 e. The number of fused-ring (bicyclic) bond motifs is 1. The molecule has 0 aliphatic heterocycles. The average molecular weight is 320 g/mol. The Balaban J connectivity index is 2.54. The number of ether oxygens (including phenoxy) is 1. The zero-order valence-corrected chi connectivity index (χ0v) is 12.8. The maximum atomic E-state index is 5.95. The molecule has 0 saturated heterocycles.